The predicted octanol–water partition coefficient (Wildman–Crippen LogP) is 4.62. The third-order valence-electron chi connectivity index (χ3n) is 6.52. The Hall–Kier alpha value is -3.77. The Balaban J connectivity index is 1.84. The highest BCUT2D eigenvalue weighted by Crippen LogP contribution is 2.41. The van der Waals surface area contributed by atoms with Gasteiger partial charge in [0.1, 0.15) is 5.54 Å². The average Bonchev–Trinajstić information content (AvgIpc) is 3.34. The first-order valence-electron chi connectivity index (χ1n) is 11.9. The van der Waals surface area contributed by atoms with Gasteiger partial charge in [-0.05, 0) is 29.3 Å². The first kappa shape index (κ1) is 23.0. The van der Waals surface area contributed by atoms with Gasteiger partial charge < -0.3 is 15.5 Å². The second-order valence-corrected chi connectivity index (χ2v) is 8.72. The van der Waals surface area contributed by atoms with E-state index in [2.05, 4.69) is 41.7 Å². The fraction of sp³-hybridized carbons (Fsp3) is 0.167. The second kappa shape index (κ2) is 9.47. The molecule has 0 spiro atoms. The maximum absolute atomic E-state index is 10.9. The summed E-state index contributed by atoms with van der Waals surface area (Å²) >= 11 is 0. The van der Waals surface area contributed by atoms with Crippen molar-refractivity contribution in [1.29, 1.82) is 0 Å². The van der Waals surface area contributed by atoms with Gasteiger partial charge in [-0.2, -0.15) is 5.10 Å². The van der Waals surface area contributed by atoms with Crippen molar-refractivity contribution in [3.05, 3.63) is 138 Å². The molecule has 0 amide bonds. The molecule has 0 fully saturated rings. The van der Waals surface area contributed by atoms with Crippen molar-refractivity contribution in [1.82, 2.24) is 15.1 Å². The highest BCUT2D eigenvalue weighted by molar-refractivity contribution is 5.83. The first-order chi connectivity index (χ1) is 17.1. The van der Waals surface area contributed by atoms with Crippen molar-refractivity contribution in [2.75, 3.05) is 13.1 Å². The molecule has 4 aromatic carbocycles. The highest BCUT2D eigenvalue weighted by Gasteiger charge is 2.40. The lowest BCUT2D eigenvalue weighted by Crippen LogP contribution is -2.38. The molecule has 35 heavy (non-hydrogen) atoms. The largest absolute Gasteiger partial charge is 0.361 e. The monoisotopic (exact) mass is 463 g/mol. The van der Waals surface area contributed by atoms with E-state index >= 15 is 0 Å². The Morgan fingerprint density at radius 3 is 1.71 bits per heavy atom. The summed E-state index contributed by atoms with van der Waals surface area (Å²) in [6.45, 7) is 2.59. The topological polar surface area (TPSA) is 70.3 Å². The van der Waals surface area contributed by atoms with Crippen LogP contribution in [0, 0.1) is 0 Å². The molecule has 5 nitrogen and oxygen atoms in total. The Bertz CT molecular complexity index is 1300. The minimum atomic E-state index is -2.03. The second-order valence-electron chi connectivity index (χ2n) is 8.72. The van der Waals surface area contributed by atoms with Gasteiger partial charge in [-0.1, -0.05) is 110 Å². The number of nitrogens with one attached hydrogen (secondary N) is 1. The molecule has 0 unspecified atom stereocenters. The zero-order valence-corrected chi connectivity index (χ0v) is 19.7. The summed E-state index contributed by atoms with van der Waals surface area (Å²) in [4.78, 5) is 0. The van der Waals surface area contributed by atoms with Crippen molar-refractivity contribution < 1.29 is 10.2 Å². The van der Waals surface area contributed by atoms with Crippen LogP contribution in [-0.2, 0) is 11.3 Å². The first-order valence-corrected chi connectivity index (χ1v) is 11.9. The predicted molar refractivity (Wildman–Crippen MR) is 139 cm³/mol. The molecule has 1 aromatic heterocycles. The molecule has 0 aliphatic carbocycles. The van der Waals surface area contributed by atoms with Crippen LogP contribution >= 0.6 is 0 Å². The van der Waals surface area contributed by atoms with Crippen LogP contribution in [-0.4, -0.2) is 33.1 Å². The Morgan fingerprint density at radius 1 is 0.714 bits per heavy atom. The van der Waals surface area contributed by atoms with E-state index in [0.29, 0.717) is 23.0 Å². The van der Waals surface area contributed by atoms with E-state index in [1.54, 1.807) is 6.07 Å². The van der Waals surface area contributed by atoms with Gasteiger partial charge >= 0.3 is 0 Å². The number of nitrogens with zero attached hydrogens (tertiary/aromatic N) is 2. The van der Waals surface area contributed by atoms with Gasteiger partial charge in [0.25, 0.3) is 0 Å². The summed E-state index contributed by atoms with van der Waals surface area (Å²) in [6.07, 6.45) is 1.94. The molecule has 0 saturated carbocycles. The van der Waals surface area contributed by atoms with E-state index in [9.17, 15) is 10.2 Å². The molecule has 3 N–H and O–H groups in total. The zero-order chi connectivity index (χ0) is 24.3. The molecule has 5 aromatic rings. The summed E-state index contributed by atoms with van der Waals surface area (Å²) in [5.41, 5.74) is 3.51. The minimum absolute atomic E-state index is 0.0228. The van der Waals surface area contributed by atoms with Crippen LogP contribution in [0.1, 0.15) is 29.2 Å². The van der Waals surface area contributed by atoms with Crippen molar-refractivity contribution in [2.24, 2.45) is 0 Å². The molecule has 0 radical (unpaired) electrons. The number of hydrogen-bond donors (Lipinski definition) is 3. The minimum Gasteiger partial charge on any atom is -0.361 e. The number of benzene rings is 4. The molecule has 0 bridgehead atoms. The number of likely N-dealkylation sites (N-methyl/N-ethyl adjacent to an activating group) is 1. The maximum atomic E-state index is 10.9. The maximum Gasteiger partial charge on any atom is 0.203 e. The fourth-order valence-electron chi connectivity index (χ4n) is 4.89. The van der Waals surface area contributed by atoms with Crippen molar-refractivity contribution >= 4 is 10.9 Å². The number of hydrogen-bond acceptors (Lipinski definition) is 4. The van der Waals surface area contributed by atoms with E-state index in [1.807, 2.05) is 84.5 Å². The molecule has 0 atom stereocenters. The Labute approximate surface area is 205 Å². The third kappa shape index (κ3) is 4.04. The lowest BCUT2D eigenvalue weighted by molar-refractivity contribution is -0.164. The van der Waals surface area contributed by atoms with Gasteiger partial charge in [-0.25, -0.2) is 0 Å². The molecule has 0 saturated heterocycles. The Kier molecular flexibility index (Phi) is 6.22. The van der Waals surface area contributed by atoms with Gasteiger partial charge in [0, 0.05) is 17.1 Å². The van der Waals surface area contributed by atoms with Crippen LogP contribution in [0.4, 0.5) is 0 Å². The number of aliphatic hydroxyl groups is 2. The van der Waals surface area contributed by atoms with E-state index < -0.39 is 11.3 Å². The lowest BCUT2D eigenvalue weighted by Gasteiger charge is -2.36. The van der Waals surface area contributed by atoms with Crippen LogP contribution in [0.5, 0.6) is 0 Å². The summed E-state index contributed by atoms with van der Waals surface area (Å²) in [7, 11) is 0. The van der Waals surface area contributed by atoms with Crippen molar-refractivity contribution in [3.63, 3.8) is 0 Å². The molecular weight excluding hydrogens is 434 g/mol. The van der Waals surface area contributed by atoms with Gasteiger partial charge in [-0.3, -0.25) is 4.68 Å². The van der Waals surface area contributed by atoms with Gasteiger partial charge in [0.2, 0.25) is 5.79 Å². The zero-order valence-electron chi connectivity index (χ0n) is 19.7. The van der Waals surface area contributed by atoms with E-state index in [4.69, 9.17) is 5.10 Å². The van der Waals surface area contributed by atoms with Crippen molar-refractivity contribution in [3.8, 4) is 0 Å². The number of fused-ring (bicyclic) bond motifs is 1. The van der Waals surface area contributed by atoms with Crippen molar-refractivity contribution in [2.45, 2.75) is 18.2 Å². The number of aromatic nitrogens is 2. The van der Waals surface area contributed by atoms with Gasteiger partial charge in [0.15, 0.2) is 0 Å². The van der Waals surface area contributed by atoms with Crippen LogP contribution in [0.3, 0.4) is 0 Å². The van der Waals surface area contributed by atoms with Crippen LogP contribution in [0.2, 0.25) is 0 Å². The van der Waals surface area contributed by atoms with E-state index in [0.717, 1.165) is 16.7 Å². The molecule has 1 heterocycles. The molecule has 5 rings (SSSR count). The Morgan fingerprint density at radius 2 is 1.23 bits per heavy atom. The van der Waals surface area contributed by atoms with Gasteiger partial charge in [-0.15, -0.1) is 0 Å². The van der Waals surface area contributed by atoms with Gasteiger partial charge in [0.05, 0.1) is 12.1 Å². The van der Waals surface area contributed by atoms with Crippen LogP contribution < -0.4 is 5.32 Å². The average molecular weight is 464 g/mol. The lowest BCUT2D eigenvalue weighted by atomic mass is 9.77. The quantitative estimate of drug-likeness (QED) is 0.232. The van der Waals surface area contributed by atoms with Crippen LogP contribution in [0.15, 0.2) is 115 Å². The molecule has 5 heteroatoms. The fourth-order valence-corrected chi connectivity index (χ4v) is 4.89. The molecule has 0 aliphatic heterocycles. The number of rotatable bonds is 8. The van der Waals surface area contributed by atoms with E-state index in [1.165, 1.54) is 0 Å². The van der Waals surface area contributed by atoms with E-state index in [-0.39, 0.29) is 6.54 Å². The SMILES string of the molecule is CCNCC(O)(O)c1cccc2nn(C(c3ccccc3)(c3ccccc3)c3ccccc3)cc12. The molecule has 0 aliphatic rings. The smallest absolute Gasteiger partial charge is 0.203 e. The summed E-state index contributed by atoms with van der Waals surface area (Å²) < 4.78 is 1.96. The normalized spacial score (nSPS) is 12.2. The summed E-state index contributed by atoms with van der Waals surface area (Å²) in [5.74, 6) is -2.03. The third-order valence-corrected chi connectivity index (χ3v) is 6.52. The summed E-state index contributed by atoms with van der Waals surface area (Å²) in [6, 6.07) is 36.4. The molecule has 176 valence electrons. The highest BCUT2D eigenvalue weighted by atomic mass is 16.5. The van der Waals surface area contributed by atoms with Crippen LogP contribution in [0.25, 0.3) is 10.9 Å². The standard InChI is InChI=1S/C30H29N3O2/c1-2-31-22-29(34,35)27-19-12-20-28-26(27)21-33(32-28)30(23-13-6-3-7-14-23,24-15-8-4-9-16-24)25-17-10-5-11-18-25/h3-21,31,34-35H,2,22H2,1H3. The molecular formula is C30H29N3O2. The summed E-state index contributed by atoms with van der Waals surface area (Å²) in [5, 5.41) is 30.6.